The summed E-state index contributed by atoms with van der Waals surface area (Å²) in [5.74, 6) is 0. The van der Waals surface area contributed by atoms with E-state index in [0.29, 0.717) is 19.2 Å². The van der Waals surface area contributed by atoms with Crippen LogP contribution >= 0.6 is 11.6 Å². The molecule has 1 atom stereocenters. The van der Waals surface area contributed by atoms with E-state index >= 15 is 0 Å². The van der Waals surface area contributed by atoms with Crippen LogP contribution in [0.4, 0.5) is 5.69 Å². The molecule has 0 radical (unpaired) electrons. The van der Waals surface area contributed by atoms with Gasteiger partial charge in [0.05, 0.1) is 25.6 Å². The molecule has 1 fully saturated rings. The van der Waals surface area contributed by atoms with E-state index in [1.165, 1.54) is 10.9 Å². The number of nitrogens with two attached hydrogens (primary N) is 1. The zero-order chi connectivity index (χ0) is 14.0. The number of hydrogen-bond acceptors (Lipinski definition) is 5. The lowest BCUT2D eigenvalue weighted by molar-refractivity contribution is -0.0460. The van der Waals surface area contributed by atoms with Gasteiger partial charge in [0, 0.05) is 19.1 Å². The quantitative estimate of drug-likeness (QED) is 0.823. The lowest BCUT2D eigenvalue weighted by Crippen LogP contribution is -2.48. The van der Waals surface area contributed by atoms with Crippen molar-refractivity contribution in [2.24, 2.45) is 0 Å². The van der Waals surface area contributed by atoms with Crippen LogP contribution in [-0.4, -0.2) is 46.3 Å². The number of hydrogen-bond donors (Lipinski definition) is 1. The lowest BCUT2D eigenvalue weighted by Gasteiger charge is -2.35. The van der Waals surface area contributed by atoms with Crippen molar-refractivity contribution in [2.45, 2.75) is 32.5 Å². The van der Waals surface area contributed by atoms with Crippen LogP contribution in [0.3, 0.4) is 0 Å². The number of halogens is 1. The van der Waals surface area contributed by atoms with Gasteiger partial charge in [0.25, 0.3) is 5.56 Å². The molecule has 0 aliphatic carbocycles. The van der Waals surface area contributed by atoms with Crippen molar-refractivity contribution in [3.8, 4) is 0 Å². The Hall–Kier alpha value is -1.11. The molecule has 0 amide bonds. The molecule has 0 spiro atoms. The van der Waals surface area contributed by atoms with Crippen molar-refractivity contribution in [1.82, 2.24) is 14.5 Å². The fourth-order valence-electron chi connectivity index (χ4n) is 2.16. The van der Waals surface area contributed by atoms with Crippen molar-refractivity contribution in [2.75, 3.05) is 25.4 Å². The molecule has 1 unspecified atom stereocenters. The molecule has 1 aromatic rings. The summed E-state index contributed by atoms with van der Waals surface area (Å²) in [4.78, 5) is 18.1. The van der Waals surface area contributed by atoms with E-state index in [1.54, 1.807) is 0 Å². The molecule has 1 saturated heterocycles. The normalized spacial score (nSPS) is 20.9. The maximum atomic E-state index is 11.9. The van der Waals surface area contributed by atoms with E-state index in [2.05, 4.69) is 23.7 Å². The highest BCUT2D eigenvalue weighted by Crippen LogP contribution is 2.12. The first kappa shape index (κ1) is 14.3. The minimum absolute atomic E-state index is 0.0132. The minimum Gasteiger partial charge on any atom is -0.392 e. The molecule has 2 heterocycles. The van der Waals surface area contributed by atoms with Gasteiger partial charge in [-0.2, -0.15) is 0 Å². The Morgan fingerprint density at radius 2 is 2.37 bits per heavy atom. The van der Waals surface area contributed by atoms with Crippen molar-refractivity contribution < 1.29 is 4.74 Å². The van der Waals surface area contributed by atoms with Gasteiger partial charge >= 0.3 is 0 Å². The number of ether oxygens (including phenoxy) is 1. The molecule has 106 valence electrons. The van der Waals surface area contributed by atoms with E-state index in [1.807, 2.05) is 0 Å². The van der Waals surface area contributed by atoms with Gasteiger partial charge in [0.1, 0.15) is 5.69 Å². The minimum atomic E-state index is -0.315. The van der Waals surface area contributed by atoms with Gasteiger partial charge in [-0.1, -0.05) is 11.6 Å². The highest BCUT2D eigenvalue weighted by atomic mass is 35.5. The predicted molar refractivity (Wildman–Crippen MR) is 74.4 cm³/mol. The van der Waals surface area contributed by atoms with Crippen LogP contribution in [0.2, 0.25) is 5.15 Å². The molecule has 19 heavy (non-hydrogen) atoms. The number of morpholine rings is 1. The second kappa shape index (κ2) is 5.90. The van der Waals surface area contributed by atoms with Gasteiger partial charge in [-0.25, -0.2) is 4.98 Å². The van der Waals surface area contributed by atoms with Crippen molar-refractivity contribution in [3.05, 3.63) is 21.8 Å². The Labute approximate surface area is 117 Å². The average molecular weight is 287 g/mol. The van der Waals surface area contributed by atoms with Crippen LogP contribution in [0.1, 0.15) is 13.8 Å². The van der Waals surface area contributed by atoms with Crippen LogP contribution in [0.5, 0.6) is 0 Å². The van der Waals surface area contributed by atoms with E-state index in [9.17, 15) is 4.79 Å². The van der Waals surface area contributed by atoms with Gasteiger partial charge in [0.15, 0.2) is 5.15 Å². The topological polar surface area (TPSA) is 73.4 Å². The summed E-state index contributed by atoms with van der Waals surface area (Å²) < 4.78 is 7.14. The first-order valence-corrected chi connectivity index (χ1v) is 6.73. The smallest absolute Gasteiger partial charge is 0.278 e. The van der Waals surface area contributed by atoms with Gasteiger partial charge in [0.2, 0.25) is 0 Å². The number of rotatable bonds is 3. The molecule has 2 rings (SSSR count). The maximum absolute atomic E-state index is 11.9. The van der Waals surface area contributed by atoms with Gasteiger partial charge < -0.3 is 10.5 Å². The third-order valence-electron chi connectivity index (χ3n) is 3.32. The van der Waals surface area contributed by atoms with Crippen LogP contribution in [0.25, 0.3) is 0 Å². The summed E-state index contributed by atoms with van der Waals surface area (Å²) in [5, 5.41) is 0.0506. The van der Waals surface area contributed by atoms with Gasteiger partial charge in [-0.05, 0) is 13.8 Å². The van der Waals surface area contributed by atoms with E-state index in [0.717, 1.165) is 13.1 Å². The Bertz CT molecular complexity index is 503. The Kier molecular flexibility index (Phi) is 4.44. The zero-order valence-corrected chi connectivity index (χ0v) is 11.9. The first-order chi connectivity index (χ1) is 8.99. The van der Waals surface area contributed by atoms with Crippen LogP contribution in [0.15, 0.2) is 11.1 Å². The van der Waals surface area contributed by atoms with Gasteiger partial charge in [-0.15, -0.1) is 0 Å². The fourth-order valence-corrected chi connectivity index (χ4v) is 2.28. The van der Waals surface area contributed by atoms with E-state index < -0.39 is 0 Å². The SMILES string of the molecule is CC(C)N1CCOC(Cn2cnc(Cl)c(N)c2=O)C1. The standard InChI is InChI=1S/C12H19ClN4O2/c1-8(2)16-3-4-19-9(5-16)6-17-7-15-11(13)10(14)12(17)18/h7-9H,3-6,14H2,1-2H3. The molecule has 0 aromatic carbocycles. The van der Waals surface area contributed by atoms with Crippen molar-refractivity contribution in [1.29, 1.82) is 0 Å². The van der Waals surface area contributed by atoms with E-state index in [4.69, 9.17) is 22.1 Å². The molecular weight excluding hydrogens is 268 g/mol. The molecule has 0 bridgehead atoms. The Morgan fingerprint density at radius 1 is 1.63 bits per heavy atom. The second-order valence-corrected chi connectivity index (χ2v) is 5.35. The summed E-state index contributed by atoms with van der Waals surface area (Å²) in [6.45, 7) is 7.13. The van der Waals surface area contributed by atoms with Crippen LogP contribution in [0, 0.1) is 0 Å². The summed E-state index contributed by atoms with van der Waals surface area (Å²) in [6.07, 6.45) is 1.38. The lowest BCUT2D eigenvalue weighted by atomic mass is 10.2. The Morgan fingerprint density at radius 3 is 3.05 bits per heavy atom. The number of nitrogens with zero attached hydrogens (tertiary/aromatic N) is 3. The third-order valence-corrected chi connectivity index (χ3v) is 3.63. The third kappa shape index (κ3) is 3.26. The van der Waals surface area contributed by atoms with Crippen molar-refractivity contribution >= 4 is 17.3 Å². The summed E-state index contributed by atoms with van der Waals surface area (Å²) in [7, 11) is 0. The second-order valence-electron chi connectivity index (χ2n) is 4.99. The molecule has 1 aromatic heterocycles. The number of anilines is 1. The molecule has 1 aliphatic rings. The average Bonchev–Trinajstić information content (AvgIpc) is 2.40. The summed E-state index contributed by atoms with van der Waals surface area (Å²) in [5.41, 5.74) is 5.26. The maximum Gasteiger partial charge on any atom is 0.278 e. The largest absolute Gasteiger partial charge is 0.392 e. The first-order valence-electron chi connectivity index (χ1n) is 6.35. The monoisotopic (exact) mass is 286 g/mol. The Balaban J connectivity index is 2.09. The van der Waals surface area contributed by atoms with Crippen LogP contribution in [-0.2, 0) is 11.3 Å². The molecule has 7 heteroatoms. The van der Waals surface area contributed by atoms with Crippen molar-refractivity contribution in [3.63, 3.8) is 0 Å². The number of nitrogen functional groups attached to an aromatic ring is 1. The molecule has 0 saturated carbocycles. The van der Waals surface area contributed by atoms with E-state index in [-0.39, 0.29) is 22.5 Å². The highest BCUT2D eigenvalue weighted by molar-refractivity contribution is 6.31. The predicted octanol–water partition coefficient (Wildman–Crippen LogP) is 0.588. The fraction of sp³-hybridized carbons (Fsp3) is 0.667. The highest BCUT2D eigenvalue weighted by Gasteiger charge is 2.23. The molecule has 6 nitrogen and oxygen atoms in total. The van der Waals surface area contributed by atoms with Crippen LogP contribution < -0.4 is 11.3 Å². The molecule has 1 aliphatic heterocycles. The van der Waals surface area contributed by atoms with Gasteiger partial charge in [-0.3, -0.25) is 14.3 Å². The molecular formula is C12H19ClN4O2. The summed E-state index contributed by atoms with van der Waals surface area (Å²) in [6, 6.07) is 0.469. The zero-order valence-electron chi connectivity index (χ0n) is 11.2. The molecule has 2 N–H and O–H groups in total. The number of aromatic nitrogens is 2. The summed E-state index contributed by atoms with van der Waals surface area (Å²) >= 11 is 5.70.